The zero-order valence-electron chi connectivity index (χ0n) is 12.4. The molecule has 1 fully saturated rings. The number of para-hydroxylation sites is 1. The van der Waals surface area contributed by atoms with Crippen molar-refractivity contribution in [1.82, 2.24) is 4.98 Å². The van der Waals surface area contributed by atoms with Crippen LogP contribution in [0.5, 0.6) is 5.75 Å². The number of H-pyrrole nitrogens is 1. The fourth-order valence-corrected chi connectivity index (χ4v) is 2.76. The quantitative estimate of drug-likeness (QED) is 0.694. The Kier molecular flexibility index (Phi) is 3.41. The first-order valence-electron chi connectivity index (χ1n) is 7.62. The number of rotatable bonds is 5. The summed E-state index contributed by atoms with van der Waals surface area (Å²) < 4.78 is 30.6. The third kappa shape index (κ3) is 2.86. The van der Waals surface area contributed by atoms with Gasteiger partial charge in [-0.05, 0) is 48.1 Å². The molecule has 3 nitrogen and oxygen atoms in total. The summed E-state index contributed by atoms with van der Waals surface area (Å²) in [6.45, 7) is -2.85. The summed E-state index contributed by atoms with van der Waals surface area (Å²) in [4.78, 5) is 3.13. The number of aromatic amines is 1. The van der Waals surface area contributed by atoms with E-state index in [1.807, 2.05) is 42.6 Å². The number of hydrogen-bond donors (Lipinski definition) is 2. The first kappa shape index (κ1) is 14.1. The summed E-state index contributed by atoms with van der Waals surface area (Å²) in [5, 5.41) is 4.30. The van der Waals surface area contributed by atoms with Crippen molar-refractivity contribution in [3.8, 4) is 16.9 Å². The lowest BCUT2D eigenvalue weighted by molar-refractivity contribution is -0.0489. The molecule has 1 aromatic heterocycles. The molecule has 23 heavy (non-hydrogen) atoms. The second-order valence-electron chi connectivity index (χ2n) is 5.76. The van der Waals surface area contributed by atoms with Crippen LogP contribution in [0.3, 0.4) is 0 Å². The Bertz CT molecular complexity index is 840. The third-order valence-electron chi connectivity index (χ3n) is 4.02. The van der Waals surface area contributed by atoms with Gasteiger partial charge in [0, 0.05) is 23.3 Å². The van der Waals surface area contributed by atoms with E-state index < -0.39 is 6.61 Å². The zero-order chi connectivity index (χ0) is 15.8. The Hall–Kier alpha value is -2.56. The number of halogens is 2. The molecular formula is C18H16F2N2O. The number of fused-ring (bicyclic) bond motifs is 1. The molecule has 1 aliphatic carbocycles. The second kappa shape index (κ2) is 5.57. The van der Waals surface area contributed by atoms with Crippen molar-refractivity contribution in [1.29, 1.82) is 0 Å². The highest BCUT2D eigenvalue weighted by molar-refractivity contribution is 5.88. The van der Waals surface area contributed by atoms with Crippen molar-refractivity contribution < 1.29 is 13.5 Å². The number of hydrogen-bond acceptors (Lipinski definition) is 2. The number of aromatic nitrogens is 1. The lowest BCUT2D eigenvalue weighted by Crippen LogP contribution is -2.08. The Morgan fingerprint density at radius 2 is 2.00 bits per heavy atom. The van der Waals surface area contributed by atoms with Gasteiger partial charge in [-0.2, -0.15) is 8.78 Å². The largest absolute Gasteiger partial charge is 0.432 e. The highest BCUT2D eigenvalue weighted by Crippen LogP contribution is 2.40. The van der Waals surface area contributed by atoms with E-state index in [1.165, 1.54) is 0 Å². The van der Waals surface area contributed by atoms with Crippen molar-refractivity contribution in [3.63, 3.8) is 0 Å². The van der Waals surface area contributed by atoms with Crippen LogP contribution in [0, 0.1) is 0 Å². The van der Waals surface area contributed by atoms with Crippen LogP contribution in [0.2, 0.25) is 0 Å². The average molecular weight is 314 g/mol. The summed E-state index contributed by atoms with van der Waals surface area (Å²) in [5.74, 6) is 0.212. The van der Waals surface area contributed by atoms with Crippen LogP contribution in [0.1, 0.15) is 12.8 Å². The molecule has 0 amide bonds. The predicted molar refractivity (Wildman–Crippen MR) is 87.0 cm³/mol. The Balaban J connectivity index is 1.81. The molecule has 1 heterocycles. The van der Waals surface area contributed by atoms with E-state index in [0.717, 1.165) is 29.3 Å². The Labute approximate surface area is 132 Å². The van der Waals surface area contributed by atoms with Gasteiger partial charge < -0.3 is 15.0 Å². The highest BCUT2D eigenvalue weighted by atomic mass is 19.3. The second-order valence-corrected chi connectivity index (χ2v) is 5.76. The summed E-state index contributed by atoms with van der Waals surface area (Å²) in [5.41, 5.74) is 3.16. The van der Waals surface area contributed by atoms with Crippen LogP contribution >= 0.6 is 0 Å². The fourth-order valence-electron chi connectivity index (χ4n) is 2.76. The van der Waals surface area contributed by atoms with Crippen molar-refractivity contribution in [2.45, 2.75) is 25.5 Å². The van der Waals surface area contributed by atoms with Crippen molar-refractivity contribution in [2.75, 3.05) is 5.32 Å². The molecule has 0 unspecified atom stereocenters. The van der Waals surface area contributed by atoms with Gasteiger partial charge in [0.25, 0.3) is 0 Å². The number of anilines is 1. The van der Waals surface area contributed by atoms with Gasteiger partial charge in [-0.1, -0.05) is 18.2 Å². The zero-order valence-corrected chi connectivity index (χ0v) is 12.4. The predicted octanol–water partition coefficient (Wildman–Crippen LogP) is 5.01. The van der Waals surface area contributed by atoms with Gasteiger partial charge in [-0.15, -0.1) is 0 Å². The summed E-state index contributed by atoms with van der Waals surface area (Å²) in [6, 6.07) is 13.6. The topological polar surface area (TPSA) is 37.0 Å². The molecule has 0 bridgehead atoms. The molecule has 1 aliphatic rings. The highest BCUT2D eigenvalue weighted by Gasteiger charge is 2.24. The monoisotopic (exact) mass is 314 g/mol. The minimum absolute atomic E-state index is 0.212. The van der Waals surface area contributed by atoms with Gasteiger partial charge in [0.05, 0.1) is 5.69 Å². The molecule has 0 spiro atoms. The number of nitrogens with one attached hydrogen (secondary N) is 2. The molecule has 0 radical (unpaired) electrons. The van der Waals surface area contributed by atoms with Gasteiger partial charge in [0.1, 0.15) is 0 Å². The normalized spacial score (nSPS) is 14.4. The van der Waals surface area contributed by atoms with E-state index in [0.29, 0.717) is 17.3 Å². The minimum atomic E-state index is -2.85. The number of alkyl halides is 2. The van der Waals surface area contributed by atoms with Crippen LogP contribution in [0.25, 0.3) is 22.0 Å². The van der Waals surface area contributed by atoms with Crippen LogP contribution < -0.4 is 10.1 Å². The maximum atomic E-state index is 12.9. The van der Waals surface area contributed by atoms with E-state index in [-0.39, 0.29) is 5.75 Å². The van der Waals surface area contributed by atoms with E-state index in [9.17, 15) is 8.78 Å². The maximum Gasteiger partial charge on any atom is 0.387 e. The van der Waals surface area contributed by atoms with Gasteiger partial charge >= 0.3 is 6.61 Å². The van der Waals surface area contributed by atoms with Gasteiger partial charge in [0.2, 0.25) is 0 Å². The maximum absolute atomic E-state index is 12.9. The number of benzene rings is 2. The van der Waals surface area contributed by atoms with Crippen molar-refractivity contribution in [2.24, 2.45) is 0 Å². The molecule has 5 heteroatoms. The molecule has 4 rings (SSSR count). The summed E-state index contributed by atoms with van der Waals surface area (Å²) >= 11 is 0. The molecular weight excluding hydrogens is 298 g/mol. The molecule has 1 saturated carbocycles. The first-order chi connectivity index (χ1) is 11.2. The minimum Gasteiger partial charge on any atom is -0.432 e. The summed E-state index contributed by atoms with van der Waals surface area (Å²) in [7, 11) is 0. The summed E-state index contributed by atoms with van der Waals surface area (Å²) in [6.07, 6.45) is 3.98. The Morgan fingerprint density at radius 3 is 2.78 bits per heavy atom. The molecule has 0 saturated heterocycles. The molecule has 2 aromatic carbocycles. The van der Waals surface area contributed by atoms with Gasteiger partial charge in [-0.3, -0.25) is 0 Å². The van der Waals surface area contributed by atoms with E-state index >= 15 is 0 Å². The average Bonchev–Trinajstić information content (AvgIpc) is 3.22. The van der Waals surface area contributed by atoms with E-state index in [4.69, 9.17) is 4.74 Å². The number of ether oxygens (including phenoxy) is 1. The lowest BCUT2D eigenvalue weighted by atomic mass is 10.0. The molecule has 2 N–H and O–H groups in total. The standard InChI is InChI=1S/C18H16F2N2O/c19-18(20)23-17-14(2-1-3-16(17)22-13-5-6-13)11-4-7-15-12(10-11)8-9-21-15/h1-4,7-10,13,18,21-22H,5-6H2. The third-order valence-corrected chi connectivity index (χ3v) is 4.02. The van der Waals surface area contributed by atoms with Crippen molar-refractivity contribution >= 4 is 16.6 Å². The molecule has 0 aliphatic heterocycles. The van der Waals surface area contributed by atoms with E-state index in [2.05, 4.69) is 10.3 Å². The van der Waals surface area contributed by atoms with E-state index in [1.54, 1.807) is 6.07 Å². The van der Waals surface area contributed by atoms with Gasteiger partial charge in [-0.25, -0.2) is 0 Å². The van der Waals surface area contributed by atoms with Gasteiger partial charge in [0.15, 0.2) is 5.75 Å². The fraction of sp³-hybridized carbons (Fsp3) is 0.222. The first-order valence-corrected chi connectivity index (χ1v) is 7.62. The Morgan fingerprint density at radius 1 is 1.13 bits per heavy atom. The molecule has 3 aromatic rings. The van der Waals surface area contributed by atoms with Crippen molar-refractivity contribution in [3.05, 3.63) is 48.7 Å². The smallest absolute Gasteiger partial charge is 0.387 e. The van der Waals surface area contributed by atoms with Crippen LogP contribution in [0.15, 0.2) is 48.7 Å². The SMILES string of the molecule is FC(F)Oc1c(NC2CC2)cccc1-c1ccc2[nH]ccc2c1. The molecule has 118 valence electrons. The van der Waals surface area contributed by atoms with Crippen LogP contribution in [0.4, 0.5) is 14.5 Å². The lowest BCUT2D eigenvalue weighted by Gasteiger charge is -2.16. The molecule has 0 atom stereocenters. The van der Waals surface area contributed by atoms with Crippen LogP contribution in [-0.4, -0.2) is 17.6 Å². The van der Waals surface area contributed by atoms with Crippen LogP contribution in [-0.2, 0) is 0 Å².